The van der Waals surface area contributed by atoms with Crippen LogP contribution in [-0.2, 0) is 0 Å². The van der Waals surface area contributed by atoms with Crippen LogP contribution in [0.15, 0.2) is 21.3 Å². The molecule has 0 fully saturated rings. The Morgan fingerprint density at radius 1 is 1.29 bits per heavy atom. The van der Waals surface area contributed by atoms with Crippen molar-refractivity contribution in [3.8, 4) is 0 Å². The van der Waals surface area contributed by atoms with E-state index in [1.54, 1.807) is 6.07 Å². The van der Waals surface area contributed by atoms with E-state index in [1.165, 1.54) is 0 Å². The first-order valence-electron chi connectivity index (χ1n) is 5.66. The Kier molecular flexibility index (Phi) is 2.88. The highest BCUT2D eigenvalue weighted by Crippen LogP contribution is 2.17. The van der Waals surface area contributed by atoms with Crippen LogP contribution in [0.1, 0.15) is 25.0 Å². The van der Waals surface area contributed by atoms with Crippen molar-refractivity contribution >= 4 is 16.9 Å². The SMILES string of the molecule is Cc1cc(C)c2nc(NC(C)C)oc(=O)c2c1. The number of benzene rings is 1. The summed E-state index contributed by atoms with van der Waals surface area (Å²) in [5.41, 5.74) is 2.38. The minimum atomic E-state index is -0.343. The Balaban J connectivity index is 2.69. The lowest BCUT2D eigenvalue weighted by molar-refractivity contribution is 0.511. The van der Waals surface area contributed by atoms with Crippen molar-refractivity contribution < 1.29 is 4.42 Å². The van der Waals surface area contributed by atoms with Gasteiger partial charge in [-0.1, -0.05) is 6.07 Å². The standard InChI is InChI=1S/C13H16N2O2/c1-7(2)14-13-15-11-9(4)5-8(3)6-10(11)12(16)17-13/h5-7H,1-4H3,(H,14,15). The first-order valence-corrected chi connectivity index (χ1v) is 5.66. The summed E-state index contributed by atoms with van der Waals surface area (Å²) in [7, 11) is 0. The van der Waals surface area contributed by atoms with E-state index >= 15 is 0 Å². The second-order valence-corrected chi connectivity index (χ2v) is 4.58. The number of aromatic nitrogens is 1. The van der Waals surface area contributed by atoms with Crippen LogP contribution in [0.2, 0.25) is 0 Å². The van der Waals surface area contributed by atoms with E-state index in [0.717, 1.165) is 11.1 Å². The van der Waals surface area contributed by atoms with Gasteiger partial charge >= 0.3 is 5.63 Å². The zero-order valence-corrected chi connectivity index (χ0v) is 10.5. The second-order valence-electron chi connectivity index (χ2n) is 4.58. The van der Waals surface area contributed by atoms with Gasteiger partial charge in [-0.15, -0.1) is 0 Å². The third-order valence-corrected chi connectivity index (χ3v) is 2.48. The maximum atomic E-state index is 11.8. The molecule has 0 aliphatic rings. The van der Waals surface area contributed by atoms with Gasteiger partial charge in [-0.2, -0.15) is 4.98 Å². The summed E-state index contributed by atoms with van der Waals surface area (Å²) in [5, 5.41) is 3.54. The van der Waals surface area contributed by atoms with Crippen molar-refractivity contribution in [3.63, 3.8) is 0 Å². The number of rotatable bonds is 2. The molecule has 1 heterocycles. The van der Waals surface area contributed by atoms with Gasteiger partial charge in [-0.25, -0.2) is 4.79 Å². The highest BCUT2D eigenvalue weighted by Gasteiger charge is 2.09. The largest absolute Gasteiger partial charge is 0.389 e. The van der Waals surface area contributed by atoms with Gasteiger partial charge in [0, 0.05) is 6.04 Å². The lowest BCUT2D eigenvalue weighted by atomic mass is 10.1. The van der Waals surface area contributed by atoms with Crippen molar-refractivity contribution in [1.82, 2.24) is 4.98 Å². The number of hydrogen-bond acceptors (Lipinski definition) is 4. The zero-order chi connectivity index (χ0) is 12.6. The highest BCUT2D eigenvalue weighted by molar-refractivity contribution is 5.81. The highest BCUT2D eigenvalue weighted by atomic mass is 16.4. The molecule has 90 valence electrons. The summed E-state index contributed by atoms with van der Waals surface area (Å²) in [6.45, 7) is 7.83. The quantitative estimate of drug-likeness (QED) is 0.864. The van der Waals surface area contributed by atoms with Gasteiger partial charge in [0.1, 0.15) is 0 Å². The fourth-order valence-electron chi connectivity index (χ4n) is 1.84. The summed E-state index contributed by atoms with van der Waals surface area (Å²) in [6.07, 6.45) is 0. The summed E-state index contributed by atoms with van der Waals surface area (Å²) >= 11 is 0. The number of anilines is 1. The molecular weight excluding hydrogens is 216 g/mol. The first kappa shape index (κ1) is 11.6. The second kappa shape index (κ2) is 4.20. The van der Waals surface area contributed by atoms with Gasteiger partial charge in [0.15, 0.2) is 0 Å². The van der Waals surface area contributed by atoms with Crippen molar-refractivity contribution in [1.29, 1.82) is 0 Å². The van der Waals surface area contributed by atoms with Crippen LogP contribution in [0, 0.1) is 13.8 Å². The van der Waals surface area contributed by atoms with E-state index in [1.807, 2.05) is 33.8 Å². The molecule has 1 aromatic heterocycles. The van der Waals surface area contributed by atoms with Crippen molar-refractivity contribution in [2.45, 2.75) is 33.7 Å². The molecule has 0 radical (unpaired) electrons. The van der Waals surface area contributed by atoms with Crippen LogP contribution < -0.4 is 10.9 Å². The topological polar surface area (TPSA) is 55.1 Å². The van der Waals surface area contributed by atoms with Gasteiger partial charge in [-0.3, -0.25) is 0 Å². The lowest BCUT2D eigenvalue weighted by Gasteiger charge is -2.08. The van der Waals surface area contributed by atoms with Gasteiger partial charge < -0.3 is 9.73 Å². The van der Waals surface area contributed by atoms with E-state index in [9.17, 15) is 4.79 Å². The Labute approximate surface area is 99.7 Å². The van der Waals surface area contributed by atoms with Crippen LogP contribution in [0.4, 0.5) is 6.01 Å². The molecule has 2 aromatic rings. The van der Waals surface area contributed by atoms with Gasteiger partial charge in [0.25, 0.3) is 6.01 Å². The maximum Gasteiger partial charge on any atom is 0.348 e. The van der Waals surface area contributed by atoms with Crippen molar-refractivity contribution in [2.24, 2.45) is 0 Å². The smallest absolute Gasteiger partial charge is 0.348 e. The number of fused-ring (bicyclic) bond motifs is 1. The molecule has 0 unspecified atom stereocenters. The lowest BCUT2D eigenvalue weighted by Crippen LogP contribution is -2.14. The van der Waals surface area contributed by atoms with Gasteiger partial charge in [-0.05, 0) is 44.9 Å². The van der Waals surface area contributed by atoms with E-state index in [4.69, 9.17) is 4.42 Å². The molecule has 2 rings (SSSR count). The Morgan fingerprint density at radius 2 is 2.00 bits per heavy atom. The van der Waals surface area contributed by atoms with E-state index < -0.39 is 0 Å². The van der Waals surface area contributed by atoms with Crippen LogP contribution in [0.25, 0.3) is 10.9 Å². The predicted octanol–water partition coefficient (Wildman–Crippen LogP) is 2.63. The molecule has 0 aliphatic carbocycles. The van der Waals surface area contributed by atoms with Crippen LogP contribution in [-0.4, -0.2) is 11.0 Å². The molecule has 4 heteroatoms. The van der Waals surface area contributed by atoms with E-state index in [2.05, 4.69) is 10.3 Å². The third-order valence-electron chi connectivity index (χ3n) is 2.48. The molecule has 0 aliphatic heterocycles. The number of nitrogens with zero attached hydrogens (tertiary/aromatic N) is 1. The molecule has 0 amide bonds. The number of nitrogens with one attached hydrogen (secondary N) is 1. The molecule has 4 nitrogen and oxygen atoms in total. The van der Waals surface area contributed by atoms with E-state index in [0.29, 0.717) is 10.9 Å². The molecule has 0 bridgehead atoms. The zero-order valence-electron chi connectivity index (χ0n) is 10.5. The Bertz CT molecular complexity index is 615. The molecular formula is C13H16N2O2. The molecule has 0 saturated carbocycles. The fourth-order valence-corrected chi connectivity index (χ4v) is 1.84. The minimum Gasteiger partial charge on any atom is -0.389 e. The average molecular weight is 232 g/mol. The fraction of sp³-hybridized carbons (Fsp3) is 0.385. The van der Waals surface area contributed by atoms with Gasteiger partial charge in [0.05, 0.1) is 10.9 Å². The maximum absolute atomic E-state index is 11.8. The first-order chi connectivity index (χ1) is 7.97. The number of aryl methyl sites for hydroxylation is 2. The summed E-state index contributed by atoms with van der Waals surface area (Å²) in [6, 6.07) is 4.27. The molecule has 17 heavy (non-hydrogen) atoms. The van der Waals surface area contributed by atoms with Crippen molar-refractivity contribution in [3.05, 3.63) is 33.7 Å². The van der Waals surface area contributed by atoms with Crippen LogP contribution in [0.5, 0.6) is 0 Å². The average Bonchev–Trinajstić information content (AvgIpc) is 2.19. The Morgan fingerprint density at radius 3 is 2.65 bits per heavy atom. The summed E-state index contributed by atoms with van der Waals surface area (Å²) < 4.78 is 5.13. The molecule has 1 N–H and O–H groups in total. The third kappa shape index (κ3) is 2.30. The predicted molar refractivity (Wildman–Crippen MR) is 68.5 cm³/mol. The molecule has 0 atom stereocenters. The normalized spacial score (nSPS) is 11.1. The van der Waals surface area contributed by atoms with Crippen LogP contribution >= 0.6 is 0 Å². The summed E-state index contributed by atoms with van der Waals surface area (Å²) in [4.78, 5) is 16.2. The van der Waals surface area contributed by atoms with E-state index in [-0.39, 0.29) is 17.7 Å². The summed E-state index contributed by atoms with van der Waals surface area (Å²) in [5.74, 6) is 0. The monoisotopic (exact) mass is 232 g/mol. The van der Waals surface area contributed by atoms with Gasteiger partial charge in [0.2, 0.25) is 0 Å². The minimum absolute atomic E-state index is 0.175. The number of hydrogen-bond donors (Lipinski definition) is 1. The Hall–Kier alpha value is -1.84. The molecule has 0 saturated heterocycles. The van der Waals surface area contributed by atoms with Crippen LogP contribution in [0.3, 0.4) is 0 Å². The molecule has 0 spiro atoms. The molecule has 1 aromatic carbocycles. The van der Waals surface area contributed by atoms with Crippen molar-refractivity contribution in [2.75, 3.05) is 5.32 Å².